The van der Waals surface area contributed by atoms with Crippen LogP contribution in [-0.4, -0.2) is 65.2 Å². The van der Waals surface area contributed by atoms with Gasteiger partial charge >= 0.3 is 5.97 Å². The maximum Gasteiger partial charge on any atom is 0.309 e. The van der Waals surface area contributed by atoms with Crippen molar-refractivity contribution in [2.24, 2.45) is 16.7 Å². The van der Waals surface area contributed by atoms with Crippen molar-refractivity contribution in [3.63, 3.8) is 0 Å². The van der Waals surface area contributed by atoms with Gasteiger partial charge in [-0.2, -0.15) is 0 Å². The van der Waals surface area contributed by atoms with Gasteiger partial charge in [0.25, 0.3) is 0 Å². The molecule has 2 heterocycles. The van der Waals surface area contributed by atoms with Crippen LogP contribution in [-0.2, 0) is 23.8 Å². The zero-order valence-electron chi connectivity index (χ0n) is 16.2. The quantitative estimate of drug-likeness (QED) is 0.707. The smallest absolute Gasteiger partial charge is 0.309 e. The molecule has 7 heteroatoms. The molecule has 148 valence electrons. The molecule has 2 aliphatic heterocycles. The van der Waals surface area contributed by atoms with Crippen LogP contribution in [0.15, 0.2) is 0 Å². The molecule has 26 heavy (non-hydrogen) atoms. The number of aliphatic hydroxyl groups excluding tert-OH is 1. The van der Waals surface area contributed by atoms with E-state index in [1.165, 1.54) is 13.8 Å². The highest BCUT2D eigenvalue weighted by Gasteiger charge is 2.61. The summed E-state index contributed by atoms with van der Waals surface area (Å²) in [5.41, 5.74) is -2.93. The molecule has 3 rings (SSSR count). The summed E-state index contributed by atoms with van der Waals surface area (Å²) < 4.78 is 16.7. The van der Waals surface area contributed by atoms with Crippen molar-refractivity contribution in [2.75, 3.05) is 13.2 Å². The molecule has 6 atom stereocenters. The van der Waals surface area contributed by atoms with Crippen molar-refractivity contribution in [1.82, 2.24) is 0 Å². The Bertz CT molecular complexity index is 593. The van der Waals surface area contributed by atoms with Crippen molar-refractivity contribution in [3.8, 4) is 0 Å². The number of ether oxygens (including phenoxy) is 3. The molecule has 3 fully saturated rings. The molecule has 0 radical (unpaired) electrons. The first kappa shape index (κ1) is 19.7. The van der Waals surface area contributed by atoms with E-state index < -0.39 is 46.8 Å². The Morgan fingerprint density at radius 2 is 1.73 bits per heavy atom. The summed E-state index contributed by atoms with van der Waals surface area (Å²) in [6.45, 7) is 8.95. The first-order valence-corrected chi connectivity index (χ1v) is 9.28. The Morgan fingerprint density at radius 3 is 2.35 bits per heavy atom. The molecule has 0 unspecified atom stereocenters. The Hall–Kier alpha value is -1.02. The standard InChI is InChI=1S/C19H30O7/c1-17(2)10(6-7-19(17,5)16(22)18(3,4)23)15(21)26-12-9-25-13-11(20)8-24-14(12)13/h10-14,20,23H,6-9H2,1-5H3/t10-,11+,12-,13-,14-,19+/m1/s1. The number of aliphatic hydroxyl groups is 2. The summed E-state index contributed by atoms with van der Waals surface area (Å²) >= 11 is 0. The van der Waals surface area contributed by atoms with E-state index in [0.29, 0.717) is 12.8 Å². The van der Waals surface area contributed by atoms with Gasteiger partial charge in [-0.3, -0.25) is 9.59 Å². The van der Waals surface area contributed by atoms with Crippen LogP contribution in [0.25, 0.3) is 0 Å². The summed E-state index contributed by atoms with van der Waals surface area (Å²) in [4.78, 5) is 25.7. The van der Waals surface area contributed by atoms with Gasteiger partial charge in [0.1, 0.15) is 23.9 Å². The maximum absolute atomic E-state index is 12.9. The molecule has 0 spiro atoms. The van der Waals surface area contributed by atoms with E-state index in [-0.39, 0.29) is 25.0 Å². The number of carbonyl (C=O) groups excluding carboxylic acids is 2. The van der Waals surface area contributed by atoms with Crippen LogP contribution in [0.3, 0.4) is 0 Å². The van der Waals surface area contributed by atoms with Crippen molar-refractivity contribution in [1.29, 1.82) is 0 Å². The first-order chi connectivity index (χ1) is 11.9. The van der Waals surface area contributed by atoms with Gasteiger partial charge in [-0.1, -0.05) is 20.8 Å². The normalized spacial score (nSPS) is 41.9. The van der Waals surface area contributed by atoms with Gasteiger partial charge in [0.05, 0.1) is 19.1 Å². The number of rotatable bonds is 4. The molecular formula is C19H30O7. The fraction of sp³-hybridized carbons (Fsp3) is 0.895. The predicted molar refractivity (Wildman–Crippen MR) is 91.3 cm³/mol. The lowest BCUT2D eigenvalue weighted by Gasteiger charge is -2.42. The third-order valence-electron chi connectivity index (χ3n) is 6.82. The summed E-state index contributed by atoms with van der Waals surface area (Å²) in [6.07, 6.45) is -1.09. The predicted octanol–water partition coefficient (Wildman–Crippen LogP) is 0.839. The van der Waals surface area contributed by atoms with Gasteiger partial charge in [-0.15, -0.1) is 0 Å². The second kappa shape index (κ2) is 6.26. The average molecular weight is 370 g/mol. The number of hydrogen-bond donors (Lipinski definition) is 2. The van der Waals surface area contributed by atoms with E-state index in [1.807, 2.05) is 20.8 Å². The van der Waals surface area contributed by atoms with Gasteiger partial charge in [0.15, 0.2) is 11.9 Å². The minimum atomic E-state index is -1.45. The molecule has 3 aliphatic rings. The summed E-state index contributed by atoms with van der Waals surface area (Å²) in [5, 5.41) is 20.0. The number of Topliss-reactive ketones (excluding diaryl/α,β-unsaturated/α-hetero) is 1. The topological polar surface area (TPSA) is 102 Å². The molecule has 2 N–H and O–H groups in total. The van der Waals surface area contributed by atoms with Gasteiger partial charge in [-0.25, -0.2) is 0 Å². The molecule has 0 bridgehead atoms. The summed E-state index contributed by atoms with van der Waals surface area (Å²) in [6, 6.07) is 0. The Morgan fingerprint density at radius 1 is 1.12 bits per heavy atom. The molecule has 0 aromatic carbocycles. The van der Waals surface area contributed by atoms with Crippen molar-refractivity contribution < 1.29 is 34.0 Å². The van der Waals surface area contributed by atoms with Crippen molar-refractivity contribution in [3.05, 3.63) is 0 Å². The molecular weight excluding hydrogens is 340 g/mol. The van der Waals surface area contributed by atoms with Crippen LogP contribution in [0.1, 0.15) is 47.5 Å². The van der Waals surface area contributed by atoms with Gasteiger partial charge in [0.2, 0.25) is 0 Å². The SMILES string of the molecule is CC(C)(O)C(=O)[C@]1(C)CC[C@H](C(=O)O[C@@H]2CO[C@H]3[C@@H]2OC[C@@H]3O)C1(C)C. The molecule has 0 aromatic rings. The highest BCUT2D eigenvalue weighted by Crippen LogP contribution is 2.58. The van der Waals surface area contributed by atoms with Crippen LogP contribution in [0.2, 0.25) is 0 Å². The summed E-state index contributed by atoms with van der Waals surface area (Å²) in [5.74, 6) is -1.08. The van der Waals surface area contributed by atoms with E-state index in [1.54, 1.807) is 0 Å². The van der Waals surface area contributed by atoms with Gasteiger partial charge in [0, 0.05) is 5.41 Å². The number of ketones is 1. The number of fused-ring (bicyclic) bond motifs is 1. The Balaban J connectivity index is 1.72. The minimum absolute atomic E-state index is 0.177. The van der Waals surface area contributed by atoms with E-state index in [4.69, 9.17) is 14.2 Å². The summed E-state index contributed by atoms with van der Waals surface area (Å²) in [7, 11) is 0. The van der Waals surface area contributed by atoms with Crippen LogP contribution in [0, 0.1) is 16.7 Å². The third kappa shape index (κ3) is 2.89. The third-order valence-corrected chi connectivity index (χ3v) is 6.82. The first-order valence-electron chi connectivity index (χ1n) is 9.28. The molecule has 1 saturated carbocycles. The number of hydrogen-bond acceptors (Lipinski definition) is 7. The van der Waals surface area contributed by atoms with Crippen molar-refractivity contribution in [2.45, 2.75) is 77.5 Å². The molecule has 0 aromatic heterocycles. The van der Waals surface area contributed by atoms with Crippen LogP contribution >= 0.6 is 0 Å². The van der Waals surface area contributed by atoms with Crippen LogP contribution in [0.4, 0.5) is 0 Å². The largest absolute Gasteiger partial charge is 0.457 e. The van der Waals surface area contributed by atoms with E-state index in [9.17, 15) is 19.8 Å². The van der Waals surface area contributed by atoms with E-state index in [0.717, 1.165) is 0 Å². The molecule has 0 amide bonds. The lowest BCUT2D eigenvalue weighted by atomic mass is 9.61. The highest BCUT2D eigenvalue weighted by atomic mass is 16.6. The molecule has 1 aliphatic carbocycles. The fourth-order valence-corrected chi connectivity index (χ4v) is 4.77. The average Bonchev–Trinajstić information content (AvgIpc) is 3.15. The molecule has 7 nitrogen and oxygen atoms in total. The van der Waals surface area contributed by atoms with Crippen molar-refractivity contribution >= 4 is 11.8 Å². The van der Waals surface area contributed by atoms with E-state index in [2.05, 4.69) is 0 Å². The second-order valence-corrected chi connectivity index (χ2v) is 9.17. The lowest BCUT2D eigenvalue weighted by Crippen LogP contribution is -2.51. The second-order valence-electron chi connectivity index (χ2n) is 9.17. The number of carbonyl (C=O) groups is 2. The van der Waals surface area contributed by atoms with Crippen LogP contribution < -0.4 is 0 Å². The zero-order chi connectivity index (χ0) is 19.5. The minimum Gasteiger partial charge on any atom is -0.457 e. The Kier molecular flexibility index (Phi) is 4.75. The maximum atomic E-state index is 12.9. The van der Waals surface area contributed by atoms with E-state index >= 15 is 0 Å². The van der Waals surface area contributed by atoms with Crippen LogP contribution in [0.5, 0.6) is 0 Å². The van der Waals surface area contributed by atoms with Gasteiger partial charge < -0.3 is 24.4 Å². The Labute approximate surface area is 154 Å². The lowest BCUT2D eigenvalue weighted by molar-refractivity contribution is -0.166. The number of esters is 1. The zero-order valence-corrected chi connectivity index (χ0v) is 16.2. The van der Waals surface area contributed by atoms with Gasteiger partial charge in [-0.05, 0) is 32.1 Å². The highest BCUT2D eigenvalue weighted by molar-refractivity contribution is 5.93. The monoisotopic (exact) mass is 370 g/mol. The molecule has 2 saturated heterocycles. The fourth-order valence-electron chi connectivity index (χ4n) is 4.77.